The van der Waals surface area contributed by atoms with Crippen molar-refractivity contribution in [2.75, 3.05) is 0 Å². The van der Waals surface area contributed by atoms with E-state index in [4.69, 9.17) is 0 Å². The van der Waals surface area contributed by atoms with Gasteiger partial charge in [0.2, 0.25) is 0 Å². The van der Waals surface area contributed by atoms with E-state index in [9.17, 15) is 9.59 Å². The molecule has 0 spiro atoms. The number of rotatable bonds is 4. The predicted octanol–water partition coefficient (Wildman–Crippen LogP) is 3.18. The molecule has 0 radical (unpaired) electrons. The third-order valence-electron chi connectivity index (χ3n) is 3.73. The minimum atomic E-state index is -0.515. The number of carbonyl (C=O) groups excluding carboxylic acids is 1. The maximum absolute atomic E-state index is 12.7. The molecular weight excluding hydrogens is 421 g/mol. The summed E-state index contributed by atoms with van der Waals surface area (Å²) in [6.07, 6.45) is 1.91. The number of halogens is 1. The molecule has 0 aliphatic carbocycles. The lowest BCUT2D eigenvalue weighted by Gasteiger charge is -2.11. The summed E-state index contributed by atoms with van der Waals surface area (Å²) in [6, 6.07) is 11.7. The number of nitrogens with zero attached hydrogens (tertiary/aromatic N) is 3. The van der Waals surface area contributed by atoms with Crippen LogP contribution in [0.3, 0.4) is 0 Å². The van der Waals surface area contributed by atoms with E-state index in [1.807, 2.05) is 56.4 Å². The highest BCUT2D eigenvalue weighted by Gasteiger charge is 2.17. The van der Waals surface area contributed by atoms with Gasteiger partial charge in [-0.1, -0.05) is 44.2 Å². The molecule has 6 nitrogen and oxygen atoms in total. The van der Waals surface area contributed by atoms with Crippen molar-refractivity contribution < 1.29 is 7.86 Å². The second kappa shape index (κ2) is 6.76. The molecule has 124 valence electrons. The van der Waals surface area contributed by atoms with Gasteiger partial charge in [-0.05, 0) is 11.6 Å². The maximum Gasteiger partial charge on any atom is 0.337 e. The molecule has 0 N–H and O–H groups in total. The average Bonchev–Trinajstić information content (AvgIpc) is 3.03. The maximum atomic E-state index is 12.7. The molecule has 0 amide bonds. The van der Waals surface area contributed by atoms with E-state index in [-0.39, 0.29) is 18.0 Å². The smallest absolute Gasteiger partial charge is 0.337 e. The summed E-state index contributed by atoms with van der Waals surface area (Å²) in [5.41, 5.74) is 2.14. The number of fused-ring (bicyclic) bond motifs is 1. The topological polar surface area (TPSA) is 65.6 Å². The summed E-state index contributed by atoms with van der Waals surface area (Å²) in [7, 11) is 0. The molecular formula is C17H16IN3O3. The lowest BCUT2D eigenvalue weighted by molar-refractivity contribution is -0.132. The van der Waals surface area contributed by atoms with Gasteiger partial charge < -0.3 is 3.07 Å². The van der Waals surface area contributed by atoms with Crippen LogP contribution < -0.4 is 5.56 Å². The molecule has 0 fully saturated rings. The second-order valence-electron chi connectivity index (χ2n) is 5.77. The van der Waals surface area contributed by atoms with Crippen LogP contribution in [-0.2, 0) is 14.4 Å². The molecule has 0 unspecified atom stereocenters. The first kappa shape index (κ1) is 16.7. The van der Waals surface area contributed by atoms with Crippen molar-refractivity contribution in [1.29, 1.82) is 0 Å². The lowest BCUT2D eigenvalue weighted by atomic mass is 10.1. The fourth-order valence-corrected chi connectivity index (χ4v) is 2.74. The number of hydrogen-bond donors (Lipinski definition) is 0. The Balaban J connectivity index is 2.23. The summed E-state index contributed by atoms with van der Waals surface area (Å²) in [5, 5.41) is 4.36. The van der Waals surface area contributed by atoms with E-state index >= 15 is 0 Å². The third-order valence-corrected chi connectivity index (χ3v) is 4.22. The molecule has 2 aromatic heterocycles. The van der Waals surface area contributed by atoms with Gasteiger partial charge in [-0.15, -0.1) is 0 Å². The van der Waals surface area contributed by atoms with Crippen molar-refractivity contribution in [3.8, 4) is 11.1 Å². The predicted molar refractivity (Wildman–Crippen MR) is 99.1 cm³/mol. The fourth-order valence-electron chi connectivity index (χ4n) is 2.60. The fraction of sp³-hybridized carbons (Fsp3) is 0.235. The van der Waals surface area contributed by atoms with Crippen LogP contribution in [0, 0.1) is 0 Å². The van der Waals surface area contributed by atoms with Crippen molar-refractivity contribution in [3.63, 3.8) is 0 Å². The summed E-state index contributed by atoms with van der Waals surface area (Å²) < 4.78 is 7.59. The van der Waals surface area contributed by atoms with E-state index in [0.717, 1.165) is 11.1 Å². The van der Waals surface area contributed by atoms with Gasteiger partial charge >= 0.3 is 5.97 Å². The van der Waals surface area contributed by atoms with E-state index in [1.165, 1.54) is 27.7 Å². The molecule has 1 aromatic carbocycles. The molecule has 0 saturated heterocycles. The van der Waals surface area contributed by atoms with Crippen LogP contribution in [0.2, 0.25) is 0 Å². The molecule has 3 aromatic rings. The normalized spacial score (nSPS) is 11.2. The first-order valence-electron chi connectivity index (χ1n) is 7.51. The Bertz CT molecular complexity index is 945. The molecule has 0 saturated carbocycles. The van der Waals surface area contributed by atoms with Gasteiger partial charge in [-0.25, -0.2) is 9.48 Å². The molecule has 2 heterocycles. The summed E-state index contributed by atoms with van der Waals surface area (Å²) in [4.78, 5) is 24.2. The van der Waals surface area contributed by atoms with E-state index < -0.39 is 5.97 Å². The zero-order valence-corrected chi connectivity index (χ0v) is 15.4. The van der Waals surface area contributed by atoms with Crippen molar-refractivity contribution in [2.45, 2.75) is 26.3 Å². The van der Waals surface area contributed by atoms with Gasteiger partial charge in [0, 0.05) is 17.7 Å². The first-order chi connectivity index (χ1) is 11.5. The van der Waals surface area contributed by atoms with Crippen LogP contribution in [-0.4, -0.2) is 20.2 Å². The van der Waals surface area contributed by atoms with Gasteiger partial charge in [0.15, 0.2) is 23.0 Å². The van der Waals surface area contributed by atoms with Crippen LogP contribution in [0.4, 0.5) is 0 Å². The Morgan fingerprint density at radius 1 is 1.25 bits per heavy atom. The third kappa shape index (κ3) is 3.08. The van der Waals surface area contributed by atoms with Gasteiger partial charge in [0.1, 0.15) is 17.9 Å². The SMILES string of the molecule is CC(C)c1nn(CC(=O)OI)c(=O)c2cc(-c3ccccc3)cn12. The van der Waals surface area contributed by atoms with E-state index in [2.05, 4.69) is 8.16 Å². The molecule has 0 aliphatic heterocycles. The van der Waals surface area contributed by atoms with E-state index in [1.54, 1.807) is 4.40 Å². The quantitative estimate of drug-likeness (QED) is 0.589. The number of carbonyl (C=O) groups is 1. The van der Waals surface area contributed by atoms with Gasteiger partial charge in [0.25, 0.3) is 5.56 Å². The Morgan fingerprint density at radius 3 is 2.58 bits per heavy atom. The monoisotopic (exact) mass is 437 g/mol. The van der Waals surface area contributed by atoms with Crippen LogP contribution in [0.1, 0.15) is 25.6 Å². The van der Waals surface area contributed by atoms with Crippen LogP contribution in [0.15, 0.2) is 47.4 Å². The van der Waals surface area contributed by atoms with Crippen LogP contribution in [0.25, 0.3) is 16.6 Å². The summed E-state index contributed by atoms with van der Waals surface area (Å²) in [6.45, 7) is 3.79. The highest BCUT2D eigenvalue weighted by atomic mass is 127. The zero-order chi connectivity index (χ0) is 17.3. The number of benzene rings is 1. The highest BCUT2D eigenvalue weighted by Crippen LogP contribution is 2.23. The second-order valence-corrected chi connectivity index (χ2v) is 6.22. The number of hydrogen-bond acceptors (Lipinski definition) is 4. The van der Waals surface area contributed by atoms with Gasteiger partial charge in [0.05, 0.1) is 0 Å². The van der Waals surface area contributed by atoms with E-state index in [0.29, 0.717) is 11.3 Å². The Hall–Kier alpha value is -2.16. The minimum Gasteiger partial charge on any atom is -0.393 e. The Labute approximate surface area is 152 Å². The average molecular weight is 437 g/mol. The zero-order valence-electron chi connectivity index (χ0n) is 13.3. The standard InChI is InChI=1S/C17H16IN3O3/c1-11(2)16-19-21(10-15(22)24-18)17(23)14-8-13(9-20(14)16)12-6-4-3-5-7-12/h3-9,11H,10H2,1-2H3. The van der Waals surface area contributed by atoms with Crippen LogP contribution >= 0.6 is 23.0 Å². The van der Waals surface area contributed by atoms with Gasteiger partial charge in [-0.2, -0.15) is 5.10 Å². The number of aromatic nitrogens is 3. The lowest BCUT2D eigenvalue weighted by Crippen LogP contribution is -2.30. The van der Waals surface area contributed by atoms with Crippen molar-refractivity contribution >= 4 is 34.5 Å². The molecule has 0 bridgehead atoms. The summed E-state index contributed by atoms with van der Waals surface area (Å²) >= 11 is 1.51. The van der Waals surface area contributed by atoms with Crippen LogP contribution in [0.5, 0.6) is 0 Å². The first-order valence-corrected chi connectivity index (χ1v) is 8.39. The molecule has 0 aliphatic rings. The molecule has 7 heteroatoms. The van der Waals surface area contributed by atoms with Gasteiger partial charge in [-0.3, -0.25) is 9.20 Å². The van der Waals surface area contributed by atoms with Crippen molar-refractivity contribution in [1.82, 2.24) is 14.2 Å². The Kier molecular flexibility index (Phi) is 4.70. The molecule has 24 heavy (non-hydrogen) atoms. The minimum absolute atomic E-state index is 0.0889. The highest BCUT2D eigenvalue weighted by molar-refractivity contribution is 14.1. The van der Waals surface area contributed by atoms with Crippen molar-refractivity contribution in [2.24, 2.45) is 0 Å². The molecule has 0 atom stereocenters. The largest absolute Gasteiger partial charge is 0.393 e. The van der Waals surface area contributed by atoms with Crippen molar-refractivity contribution in [3.05, 3.63) is 58.8 Å². The summed E-state index contributed by atoms with van der Waals surface area (Å²) in [5.74, 6) is 0.290. The Morgan fingerprint density at radius 2 is 1.96 bits per heavy atom. The molecule has 3 rings (SSSR count).